The zero-order chi connectivity index (χ0) is 31.3. The maximum atomic E-state index is 13.6. The molecule has 10 nitrogen and oxygen atoms in total. The summed E-state index contributed by atoms with van der Waals surface area (Å²) in [6.07, 6.45) is -7.84. The molecule has 0 radical (unpaired) electrons. The van der Waals surface area contributed by atoms with Gasteiger partial charge in [0.2, 0.25) is 0 Å². The second-order valence-electron chi connectivity index (χ2n) is 9.51. The summed E-state index contributed by atoms with van der Waals surface area (Å²) >= 11 is 8.30. The number of amides is 2. The number of pyridine rings is 1. The summed E-state index contributed by atoms with van der Waals surface area (Å²) in [6.45, 7) is 0.915. The van der Waals surface area contributed by atoms with Crippen LogP contribution in [0.3, 0.4) is 0 Å². The molecule has 226 valence electrons. The minimum atomic E-state index is -5.43. The molecule has 1 saturated carbocycles. The minimum absolute atomic E-state index is 0.0381. The summed E-state index contributed by atoms with van der Waals surface area (Å²) in [4.78, 5) is 30.9. The first-order chi connectivity index (χ1) is 20.1. The van der Waals surface area contributed by atoms with Crippen molar-refractivity contribution in [2.24, 2.45) is 0 Å². The Labute approximate surface area is 256 Å². The number of carbonyl (C=O) groups is 2. The summed E-state index contributed by atoms with van der Waals surface area (Å²) in [5, 5.41) is 15.7. The molecule has 0 saturated heterocycles. The number of alkyl halides is 6. The molecule has 2 N–H and O–H groups in total. The number of benzene rings is 1. The van der Waals surface area contributed by atoms with E-state index in [9.17, 15) is 35.9 Å². The van der Waals surface area contributed by atoms with Crippen molar-refractivity contribution in [1.82, 2.24) is 35.1 Å². The molecular formula is C25H18ClF6IN8O2. The van der Waals surface area contributed by atoms with Crippen LogP contribution in [-0.2, 0) is 18.9 Å². The van der Waals surface area contributed by atoms with Gasteiger partial charge in [-0.2, -0.15) is 36.2 Å². The van der Waals surface area contributed by atoms with E-state index in [2.05, 4.69) is 30.9 Å². The average molecular weight is 739 g/mol. The Balaban J connectivity index is 1.54. The number of hydrogen-bond acceptors (Lipinski definition) is 6. The van der Waals surface area contributed by atoms with E-state index in [4.69, 9.17) is 11.6 Å². The molecule has 1 fully saturated rings. The number of aromatic nitrogens is 6. The Morgan fingerprint density at radius 1 is 1.02 bits per heavy atom. The van der Waals surface area contributed by atoms with E-state index in [0.717, 1.165) is 27.2 Å². The lowest BCUT2D eigenvalue weighted by molar-refractivity contribution is -0.165. The lowest BCUT2D eigenvalue weighted by Gasteiger charge is -2.15. The van der Waals surface area contributed by atoms with Crippen molar-refractivity contribution >= 4 is 51.7 Å². The SMILES string of the molecule is Cc1cc(I)cc(C(=O)NC2CC2)c1NC(=O)c1cc(Cn2nc(C(F)(F)F)c(C(F)(F)F)n2)nn1-c1ncccc1Cl. The van der Waals surface area contributed by atoms with Crippen LogP contribution in [0.5, 0.6) is 0 Å². The van der Waals surface area contributed by atoms with Crippen molar-refractivity contribution in [2.75, 3.05) is 5.32 Å². The Bertz CT molecular complexity index is 1700. The molecular weight excluding hydrogens is 721 g/mol. The molecule has 1 aromatic carbocycles. The van der Waals surface area contributed by atoms with Gasteiger partial charge in [0.15, 0.2) is 17.2 Å². The monoisotopic (exact) mass is 738 g/mol. The third kappa shape index (κ3) is 6.76. The number of nitrogens with zero attached hydrogens (tertiary/aromatic N) is 6. The molecule has 2 amide bonds. The van der Waals surface area contributed by atoms with Crippen LogP contribution in [-0.4, -0.2) is 47.6 Å². The van der Waals surface area contributed by atoms with Gasteiger partial charge in [-0.3, -0.25) is 9.59 Å². The molecule has 18 heteroatoms. The molecule has 0 aliphatic heterocycles. The summed E-state index contributed by atoms with van der Waals surface area (Å²) in [5.41, 5.74) is -3.89. The Morgan fingerprint density at radius 2 is 1.67 bits per heavy atom. The first kappa shape index (κ1) is 30.7. The van der Waals surface area contributed by atoms with Crippen molar-refractivity contribution < 1.29 is 35.9 Å². The third-order valence-corrected chi connectivity index (χ3v) is 7.04. The highest BCUT2D eigenvalue weighted by molar-refractivity contribution is 14.1. The quantitative estimate of drug-likeness (QED) is 0.187. The van der Waals surface area contributed by atoms with E-state index in [1.165, 1.54) is 18.3 Å². The zero-order valence-corrected chi connectivity index (χ0v) is 24.6. The van der Waals surface area contributed by atoms with E-state index in [1.54, 1.807) is 19.1 Å². The molecule has 3 aromatic heterocycles. The second-order valence-corrected chi connectivity index (χ2v) is 11.2. The fraction of sp³-hybridized carbons (Fsp3) is 0.280. The van der Waals surface area contributed by atoms with E-state index >= 15 is 0 Å². The van der Waals surface area contributed by atoms with Crippen molar-refractivity contribution in [3.63, 3.8) is 0 Å². The maximum Gasteiger partial charge on any atom is 0.437 e. The highest BCUT2D eigenvalue weighted by Gasteiger charge is 2.48. The van der Waals surface area contributed by atoms with Crippen molar-refractivity contribution in [3.8, 4) is 5.82 Å². The van der Waals surface area contributed by atoms with Crippen LogP contribution in [0.15, 0.2) is 36.5 Å². The molecule has 0 bridgehead atoms. The van der Waals surface area contributed by atoms with Crippen molar-refractivity contribution in [1.29, 1.82) is 0 Å². The van der Waals surface area contributed by atoms with Crippen LogP contribution in [0, 0.1) is 10.5 Å². The van der Waals surface area contributed by atoms with Gasteiger partial charge < -0.3 is 10.6 Å². The largest absolute Gasteiger partial charge is 0.437 e. The van der Waals surface area contributed by atoms with Gasteiger partial charge in [-0.15, -0.1) is 10.2 Å². The summed E-state index contributed by atoms with van der Waals surface area (Å²) in [5.74, 6) is -1.26. The van der Waals surface area contributed by atoms with Gasteiger partial charge in [-0.25, -0.2) is 9.67 Å². The maximum absolute atomic E-state index is 13.6. The lowest BCUT2D eigenvalue weighted by atomic mass is 10.1. The van der Waals surface area contributed by atoms with Crippen molar-refractivity contribution in [3.05, 3.63) is 79.0 Å². The van der Waals surface area contributed by atoms with Crippen molar-refractivity contribution in [2.45, 2.75) is 44.7 Å². The number of halogens is 8. The van der Waals surface area contributed by atoms with Crippen LogP contribution in [0.2, 0.25) is 5.02 Å². The predicted octanol–water partition coefficient (Wildman–Crippen LogP) is 5.66. The zero-order valence-electron chi connectivity index (χ0n) is 21.7. The van der Waals surface area contributed by atoms with Gasteiger partial charge in [0.05, 0.1) is 22.0 Å². The minimum Gasteiger partial charge on any atom is -0.349 e. The highest BCUT2D eigenvalue weighted by Crippen LogP contribution is 2.38. The van der Waals surface area contributed by atoms with E-state index in [1.807, 2.05) is 22.6 Å². The van der Waals surface area contributed by atoms with Gasteiger partial charge in [0.25, 0.3) is 11.8 Å². The Hall–Kier alpha value is -3.74. The first-order valence-electron chi connectivity index (χ1n) is 12.3. The molecule has 1 aliphatic carbocycles. The normalized spacial score (nSPS) is 13.7. The number of aryl methyl sites for hydroxylation is 1. The molecule has 0 unspecified atom stereocenters. The lowest BCUT2D eigenvalue weighted by Crippen LogP contribution is -2.28. The van der Waals surface area contributed by atoms with Gasteiger partial charge in [0.1, 0.15) is 12.2 Å². The molecule has 4 aromatic rings. The topological polar surface area (TPSA) is 120 Å². The summed E-state index contributed by atoms with van der Waals surface area (Å²) in [7, 11) is 0. The molecule has 43 heavy (non-hydrogen) atoms. The van der Waals surface area contributed by atoms with E-state index in [-0.39, 0.29) is 44.3 Å². The molecule has 5 rings (SSSR count). The van der Waals surface area contributed by atoms with Crippen LogP contribution in [0.25, 0.3) is 5.82 Å². The fourth-order valence-electron chi connectivity index (χ4n) is 4.07. The molecule has 0 atom stereocenters. The van der Waals surface area contributed by atoms with Gasteiger partial charge in [-0.1, -0.05) is 11.6 Å². The number of hydrogen-bond donors (Lipinski definition) is 2. The first-order valence-corrected chi connectivity index (χ1v) is 13.8. The standard InChI is InChI=1S/C25H18ClF6IN8O2/c1-11-7-12(33)8-15(22(42)35-13-4-5-13)18(11)36-23(43)17-9-14(37-41(17)21-16(26)3-2-6-34-21)10-40-38-19(24(27,28)29)20(39-40)25(30,31)32/h2-3,6-9,13H,4-5,10H2,1H3,(H,35,42)(H,36,43). The third-order valence-electron chi connectivity index (χ3n) is 6.12. The summed E-state index contributed by atoms with van der Waals surface area (Å²) in [6, 6.07) is 7.44. The molecule has 1 aliphatic rings. The van der Waals surface area contributed by atoms with Crippen LogP contribution in [0.4, 0.5) is 32.0 Å². The molecule has 0 spiro atoms. The molecule has 3 heterocycles. The van der Waals surface area contributed by atoms with Gasteiger partial charge >= 0.3 is 12.4 Å². The number of carbonyl (C=O) groups excluding carboxylic acids is 2. The van der Waals surface area contributed by atoms with E-state index in [0.29, 0.717) is 5.56 Å². The second kappa shape index (κ2) is 11.4. The Kier molecular flexibility index (Phi) is 8.14. The highest BCUT2D eigenvalue weighted by atomic mass is 127. The summed E-state index contributed by atoms with van der Waals surface area (Å²) < 4.78 is 81.3. The van der Waals surface area contributed by atoms with Gasteiger partial charge in [-0.05, 0) is 78.3 Å². The number of nitrogens with one attached hydrogen (secondary N) is 2. The van der Waals surface area contributed by atoms with Gasteiger partial charge in [0, 0.05) is 15.8 Å². The number of rotatable bonds is 7. The average Bonchev–Trinajstić information content (AvgIpc) is 3.43. The fourth-order valence-corrected chi connectivity index (χ4v) is 5.05. The number of anilines is 1. The van der Waals surface area contributed by atoms with Crippen LogP contribution in [0.1, 0.15) is 56.3 Å². The predicted molar refractivity (Wildman–Crippen MR) is 148 cm³/mol. The van der Waals surface area contributed by atoms with Crippen LogP contribution < -0.4 is 10.6 Å². The smallest absolute Gasteiger partial charge is 0.349 e. The Morgan fingerprint density at radius 3 is 2.26 bits per heavy atom. The van der Waals surface area contributed by atoms with Crippen LogP contribution >= 0.6 is 34.2 Å². The van der Waals surface area contributed by atoms with E-state index < -0.39 is 42.1 Å².